The first-order valence-corrected chi connectivity index (χ1v) is 6.53. The number of nitrogens with two attached hydrogens (primary N) is 1. The molecule has 1 aromatic carbocycles. The number of benzene rings is 1. The van der Waals surface area contributed by atoms with Crippen LogP contribution in [0.2, 0.25) is 0 Å². The fourth-order valence-corrected chi connectivity index (χ4v) is 2.95. The SMILES string of the molecule is CCC1(NC(F)C(F)F)CCc2c(C(N)=O)cccc21. The van der Waals surface area contributed by atoms with E-state index in [1.165, 1.54) is 0 Å². The minimum Gasteiger partial charge on any atom is -0.366 e. The van der Waals surface area contributed by atoms with Crippen molar-refractivity contribution in [3.05, 3.63) is 34.9 Å². The highest BCUT2D eigenvalue weighted by atomic mass is 19.3. The predicted molar refractivity (Wildman–Crippen MR) is 69.3 cm³/mol. The molecule has 2 rings (SSSR count). The van der Waals surface area contributed by atoms with Crippen LogP contribution in [0, 0.1) is 0 Å². The van der Waals surface area contributed by atoms with E-state index in [1.807, 2.05) is 0 Å². The van der Waals surface area contributed by atoms with Crippen molar-refractivity contribution in [3.63, 3.8) is 0 Å². The highest BCUT2D eigenvalue weighted by Gasteiger charge is 2.41. The van der Waals surface area contributed by atoms with E-state index in [9.17, 15) is 18.0 Å². The first-order valence-electron chi connectivity index (χ1n) is 6.53. The molecule has 20 heavy (non-hydrogen) atoms. The van der Waals surface area contributed by atoms with Crippen molar-refractivity contribution in [1.29, 1.82) is 0 Å². The summed E-state index contributed by atoms with van der Waals surface area (Å²) in [5.74, 6) is -0.556. The van der Waals surface area contributed by atoms with Gasteiger partial charge < -0.3 is 5.73 Å². The molecule has 0 radical (unpaired) electrons. The zero-order valence-corrected chi connectivity index (χ0v) is 11.1. The van der Waals surface area contributed by atoms with Gasteiger partial charge in [-0.25, -0.2) is 13.2 Å². The fourth-order valence-electron chi connectivity index (χ4n) is 2.95. The van der Waals surface area contributed by atoms with Gasteiger partial charge in [0.1, 0.15) is 0 Å². The smallest absolute Gasteiger partial charge is 0.282 e. The van der Waals surface area contributed by atoms with Gasteiger partial charge in [-0.1, -0.05) is 19.1 Å². The summed E-state index contributed by atoms with van der Waals surface area (Å²) >= 11 is 0. The summed E-state index contributed by atoms with van der Waals surface area (Å²) < 4.78 is 38.3. The van der Waals surface area contributed by atoms with Crippen molar-refractivity contribution < 1.29 is 18.0 Å². The Kier molecular flexibility index (Phi) is 4.04. The van der Waals surface area contributed by atoms with Crippen LogP contribution in [-0.2, 0) is 12.0 Å². The van der Waals surface area contributed by atoms with Gasteiger partial charge in [0.15, 0.2) is 0 Å². The Labute approximate surface area is 115 Å². The van der Waals surface area contributed by atoms with Crippen molar-refractivity contribution >= 4 is 5.91 Å². The Morgan fingerprint density at radius 1 is 1.45 bits per heavy atom. The van der Waals surface area contributed by atoms with Crippen molar-refractivity contribution in [2.45, 2.75) is 44.4 Å². The number of alkyl halides is 3. The van der Waals surface area contributed by atoms with E-state index >= 15 is 0 Å². The molecule has 0 fully saturated rings. The minimum absolute atomic E-state index is 0.382. The highest BCUT2D eigenvalue weighted by Crippen LogP contribution is 2.41. The molecule has 2 atom stereocenters. The van der Waals surface area contributed by atoms with Crippen LogP contribution < -0.4 is 11.1 Å². The maximum Gasteiger partial charge on any atom is 0.282 e. The number of carbonyl (C=O) groups is 1. The van der Waals surface area contributed by atoms with E-state index in [4.69, 9.17) is 5.73 Å². The van der Waals surface area contributed by atoms with E-state index < -0.39 is 24.2 Å². The van der Waals surface area contributed by atoms with Crippen LogP contribution in [0.15, 0.2) is 18.2 Å². The Morgan fingerprint density at radius 2 is 2.15 bits per heavy atom. The molecule has 1 aliphatic rings. The van der Waals surface area contributed by atoms with Gasteiger partial charge >= 0.3 is 0 Å². The van der Waals surface area contributed by atoms with E-state index in [0.717, 1.165) is 5.56 Å². The number of nitrogens with one attached hydrogen (secondary N) is 1. The standard InChI is InChI=1S/C14H17F3N2O/c1-2-14(19-12(17)11(15)16)7-6-8-9(13(18)20)4-3-5-10(8)14/h3-5,11-12,19H,2,6-7H2,1H3,(H2,18,20). The van der Waals surface area contributed by atoms with E-state index in [2.05, 4.69) is 5.32 Å². The maximum absolute atomic E-state index is 13.4. The zero-order valence-electron chi connectivity index (χ0n) is 11.1. The minimum atomic E-state index is -3.08. The van der Waals surface area contributed by atoms with Crippen LogP contribution in [0.4, 0.5) is 13.2 Å². The maximum atomic E-state index is 13.4. The summed E-state index contributed by atoms with van der Waals surface area (Å²) in [6, 6.07) is 4.99. The van der Waals surface area contributed by atoms with Crippen LogP contribution >= 0.6 is 0 Å². The average Bonchev–Trinajstić information content (AvgIpc) is 2.78. The summed E-state index contributed by atoms with van der Waals surface area (Å²) in [6.07, 6.45) is -4.03. The van der Waals surface area contributed by atoms with Crippen LogP contribution in [0.1, 0.15) is 41.3 Å². The molecule has 1 aliphatic carbocycles. The number of hydrogen-bond donors (Lipinski definition) is 2. The topological polar surface area (TPSA) is 55.1 Å². The highest BCUT2D eigenvalue weighted by molar-refractivity contribution is 5.95. The molecule has 0 aliphatic heterocycles. The molecule has 3 N–H and O–H groups in total. The number of primary amides is 1. The van der Waals surface area contributed by atoms with Gasteiger partial charge in [0.25, 0.3) is 6.43 Å². The number of amides is 1. The lowest BCUT2D eigenvalue weighted by atomic mass is 9.88. The third-order valence-electron chi connectivity index (χ3n) is 4.00. The lowest BCUT2D eigenvalue weighted by Crippen LogP contribution is -2.47. The zero-order chi connectivity index (χ0) is 14.9. The number of rotatable bonds is 5. The van der Waals surface area contributed by atoms with Crippen LogP contribution in [0.5, 0.6) is 0 Å². The van der Waals surface area contributed by atoms with E-state index in [-0.39, 0.29) is 0 Å². The lowest BCUT2D eigenvalue weighted by molar-refractivity contribution is 0.00800. The average molecular weight is 286 g/mol. The van der Waals surface area contributed by atoms with Gasteiger partial charge in [-0.15, -0.1) is 0 Å². The summed E-state index contributed by atoms with van der Waals surface area (Å²) in [7, 11) is 0. The lowest BCUT2D eigenvalue weighted by Gasteiger charge is -2.32. The van der Waals surface area contributed by atoms with Gasteiger partial charge in [0.2, 0.25) is 12.2 Å². The number of hydrogen-bond acceptors (Lipinski definition) is 2. The van der Waals surface area contributed by atoms with Crippen molar-refractivity contribution in [2.75, 3.05) is 0 Å². The molecule has 6 heteroatoms. The van der Waals surface area contributed by atoms with Crippen LogP contribution in [0.25, 0.3) is 0 Å². The van der Waals surface area contributed by atoms with E-state index in [1.54, 1.807) is 25.1 Å². The van der Waals surface area contributed by atoms with Gasteiger partial charge in [-0.05, 0) is 36.5 Å². The summed E-state index contributed by atoms with van der Waals surface area (Å²) in [6.45, 7) is 1.80. The van der Waals surface area contributed by atoms with Gasteiger partial charge in [0, 0.05) is 11.1 Å². The normalized spacial score (nSPS) is 22.9. The second kappa shape index (κ2) is 5.44. The number of halogens is 3. The molecular formula is C14H17F3N2O. The Hall–Kier alpha value is -1.56. The molecule has 110 valence electrons. The van der Waals surface area contributed by atoms with E-state index in [0.29, 0.717) is 30.4 Å². The molecule has 0 saturated heterocycles. The molecule has 1 amide bonds. The molecule has 1 aromatic rings. The summed E-state index contributed by atoms with van der Waals surface area (Å²) in [5, 5.41) is 2.40. The van der Waals surface area contributed by atoms with Crippen molar-refractivity contribution in [2.24, 2.45) is 5.73 Å². The Bertz CT molecular complexity index is 521. The predicted octanol–water partition coefficient (Wildman–Crippen LogP) is 2.49. The van der Waals surface area contributed by atoms with Gasteiger partial charge in [0.05, 0.1) is 0 Å². The fraction of sp³-hybridized carbons (Fsp3) is 0.500. The van der Waals surface area contributed by atoms with Crippen molar-refractivity contribution in [3.8, 4) is 0 Å². The summed E-state index contributed by atoms with van der Waals surface area (Å²) in [4.78, 5) is 11.4. The van der Waals surface area contributed by atoms with Gasteiger partial charge in [-0.3, -0.25) is 10.1 Å². The molecule has 3 nitrogen and oxygen atoms in total. The monoisotopic (exact) mass is 286 g/mol. The molecular weight excluding hydrogens is 269 g/mol. The second-order valence-electron chi connectivity index (χ2n) is 5.01. The molecule has 0 bridgehead atoms. The van der Waals surface area contributed by atoms with Gasteiger partial charge in [-0.2, -0.15) is 0 Å². The quantitative estimate of drug-likeness (QED) is 0.817. The molecule has 0 aromatic heterocycles. The largest absolute Gasteiger partial charge is 0.366 e. The third kappa shape index (κ3) is 2.40. The number of carbonyl (C=O) groups excluding carboxylic acids is 1. The summed E-state index contributed by atoms with van der Waals surface area (Å²) in [5.41, 5.74) is 6.26. The Balaban J connectivity index is 2.42. The first kappa shape index (κ1) is 14.8. The Morgan fingerprint density at radius 3 is 2.70 bits per heavy atom. The molecule has 2 unspecified atom stereocenters. The van der Waals surface area contributed by atoms with Crippen molar-refractivity contribution in [1.82, 2.24) is 5.32 Å². The third-order valence-corrected chi connectivity index (χ3v) is 4.00. The van der Waals surface area contributed by atoms with Crippen LogP contribution in [-0.4, -0.2) is 18.6 Å². The molecule has 0 saturated carbocycles. The number of fused-ring (bicyclic) bond motifs is 1. The molecule has 0 heterocycles. The van der Waals surface area contributed by atoms with Crippen LogP contribution in [0.3, 0.4) is 0 Å². The molecule has 0 spiro atoms. The first-order chi connectivity index (χ1) is 9.41. The second-order valence-corrected chi connectivity index (χ2v) is 5.01.